The molecule has 1 aliphatic heterocycles. The smallest absolute Gasteiger partial charge is 0.266 e. The summed E-state index contributed by atoms with van der Waals surface area (Å²) in [7, 11) is 1.62. The van der Waals surface area contributed by atoms with Crippen LogP contribution in [0, 0.1) is 6.92 Å². The quantitative estimate of drug-likeness (QED) is 0.312. The largest absolute Gasteiger partial charge is 0.497 e. The predicted molar refractivity (Wildman–Crippen MR) is 131 cm³/mol. The second kappa shape index (κ2) is 11.1. The van der Waals surface area contributed by atoms with E-state index in [9.17, 15) is 9.59 Å². The van der Waals surface area contributed by atoms with Crippen molar-refractivity contribution in [3.63, 3.8) is 0 Å². The molecule has 0 aliphatic carbocycles. The van der Waals surface area contributed by atoms with Crippen LogP contribution < -0.4 is 10.1 Å². The number of benzene rings is 2. The molecule has 31 heavy (non-hydrogen) atoms. The van der Waals surface area contributed by atoms with Crippen molar-refractivity contribution in [2.24, 2.45) is 0 Å². The molecule has 5 nitrogen and oxygen atoms in total. The molecule has 2 amide bonds. The third kappa shape index (κ3) is 6.67. The van der Waals surface area contributed by atoms with Crippen LogP contribution in [0.15, 0.2) is 53.4 Å². The molecule has 0 bridgehead atoms. The van der Waals surface area contributed by atoms with Gasteiger partial charge in [-0.05, 0) is 55.7 Å². The van der Waals surface area contributed by atoms with E-state index in [4.69, 9.17) is 17.0 Å². The zero-order valence-electron chi connectivity index (χ0n) is 17.7. The van der Waals surface area contributed by atoms with Gasteiger partial charge in [0, 0.05) is 18.7 Å². The van der Waals surface area contributed by atoms with Crippen LogP contribution in [0.25, 0.3) is 6.08 Å². The van der Waals surface area contributed by atoms with Crippen LogP contribution >= 0.6 is 24.0 Å². The summed E-state index contributed by atoms with van der Waals surface area (Å²) in [6, 6.07) is 15.3. The van der Waals surface area contributed by atoms with E-state index in [0.29, 0.717) is 22.2 Å². The summed E-state index contributed by atoms with van der Waals surface area (Å²) >= 11 is 6.73. The summed E-state index contributed by atoms with van der Waals surface area (Å²) in [5, 5.41) is 2.91. The Kier molecular flexibility index (Phi) is 8.26. The number of unbranched alkanes of at least 4 members (excludes halogenated alkanes) is 2. The molecule has 0 aromatic heterocycles. The Morgan fingerprint density at radius 1 is 1.10 bits per heavy atom. The Morgan fingerprint density at radius 2 is 1.81 bits per heavy atom. The first-order valence-electron chi connectivity index (χ1n) is 10.2. The standard InChI is InChI=1S/C24H26N2O3S2/c1-17-7-11-19(12-8-17)25-22(27)6-4-3-5-15-26-23(28)21(31-24(26)30)16-18-9-13-20(29-2)14-10-18/h7-14,16H,3-6,15H2,1-2H3,(H,25,27). The van der Waals surface area contributed by atoms with Gasteiger partial charge in [-0.2, -0.15) is 0 Å². The number of carbonyl (C=O) groups excluding carboxylic acids is 2. The average molecular weight is 455 g/mol. The average Bonchev–Trinajstić information content (AvgIpc) is 3.03. The van der Waals surface area contributed by atoms with Gasteiger partial charge in [-0.3, -0.25) is 14.5 Å². The first-order chi connectivity index (χ1) is 15.0. The molecule has 1 aliphatic rings. The number of amides is 2. The fourth-order valence-corrected chi connectivity index (χ4v) is 4.45. The topological polar surface area (TPSA) is 58.6 Å². The molecule has 0 atom stereocenters. The summed E-state index contributed by atoms with van der Waals surface area (Å²) in [5.41, 5.74) is 2.91. The molecule has 0 spiro atoms. The second-order valence-corrected chi connectivity index (χ2v) is 9.01. The van der Waals surface area contributed by atoms with Gasteiger partial charge in [-0.15, -0.1) is 0 Å². The highest BCUT2D eigenvalue weighted by Gasteiger charge is 2.31. The maximum Gasteiger partial charge on any atom is 0.266 e. The van der Waals surface area contributed by atoms with Gasteiger partial charge in [-0.25, -0.2) is 0 Å². The van der Waals surface area contributed by atoms with Crippen LogP contribution in [0.5, 0.6) is 5.75 Å². The van der Waals surface area contributed by atoms with Gasteiger partial charge in [0.05, 0.1) is 12.0 Å². The summed E-state index contributed by atoms with van der Waals surface area (Å²) in [6.45, 7) is 2.59. The van der Waals surface area contributed by atoms with E-state index in [2.05, 4.69) is 5.32 Å². The van der Waals surface area contributed by atoms with E-state index in [1.54, 1.807) is 12.0 Å². The molecule has 0 unspecified atom stereocenters. The minimum Gasteiger partial charge on any atom is -0.497 e. The van der Waals surface area contributed by atoms with E-state index in [1.807, 2.05) is 61.5 Å². The van der Waals surface area contributed by atoms with Crippen LogP contribution in [-0.4, -0.2) is 34.7 Å². The van der Waals surface area contributed by atoms with Crippen LogP contribution in [0.4, 0.5) is 5.69 Å². The lowest BCUT2D eigenvalue weighted by Crippen LogP contribution is -2.29. The number of thioether (sulfide) groups is 1. The number of aryl methyl sites for hydroxylation is 1. The monoisotopic (exact) mass is 454 g/mol. The van der Waals surface area contributed by atoms with Crippen molar-refractivity contribution in [3.05, 3.63) is 64.6 Å². The predicted octanol–water partition coefficient (Wildman–Crippen LogP) is 5.40. The van der Waals surface area contributed by atoms with E-state index < -0.39 is 0 Å². The zero-order chi connectivity index (χ0) is 22.2. The van der Waals surface area contributed by atoms with Crippen molar-refractivity contribution >= 4 is 51.9 Å². The van der Waals surface area contributed by atoms with Crippen molar-refractivity contribution in [2.75, 3.05) is 19.0 Å². The summed E-state index contributed by atoms with van der Waals surface area (Å²) in [5.74, 6) is 0.733. The molecule has 0 saturated carbocycles. The number of rotatable bonds is 9. The number of hydrogen-bond acceptors (Lipinski definition) is 5. The summed E-state index contributed by atoms with van der Waals surface area (Å²) < 4.78 is 5.75. The molecule has 162 valence electrons. The number of hydrogen-bond donors (Lipinski definition) is 1. The van der Waals surface area contributed by atoms with E-state index in [1.165, 1.54) is 11.8 Å². The lowest BCUT2D eigenvalue weighted by atomic mass is 10.1. The molecular formula is C24H26N2O3S2. The fourth-order valence-electron chi connectivity index (χ4n) is 3.14. The molecule has 2 aromatic rings. The molecule has 1 fully saturated rings. The highest BCUT2D eigenvalue weighted by molar-refractivity contribution is 8.26. The van der Waals surface area contributed by atoms with Crippen molar-refractivity contribution in [1.82, 2.24) is 4.90 Å². The Balaban J connectivity index is 1.41. The van der Waals surface area contributed by atoms with Crippen molar-refractivity contribution in [2.45, 2.75) is 32.6 Å². The van der Waals surface area contributed by atoms with E-state index in [-0.39, 0.29) is 11.8 Å². The number of nitrogens with one attached hydrogen (secondary N) is 1. The van der Waals surface area contributed by atoms with Gasteiger partial charge in [0.2, 0.25) is 5.91 Å². The Morgan fingerprint density at radius 3 is 2.48 bits per heavy atom. The molecule has 1 saturated heterocycles. The van der Waals surface area contributed by atoms with Gasteiger partial charge in [0.25, 0.3) is 5.91 Å². The fraction of sp³-hybridized carbons (Fsp3) is 0.292. The minimum absolute atomic E-state index is 0.0110. The van der Waals surface area contributed by atoms with Crippen LogP contribution in [0.2, 0.25) is 0 Å². The maximum atomic E-state index is 12.7. The Hall–Kier alpha value is -2.64. The summed E-state index contributed by atoms with van der Waals surface area (Å²) in [6.07, 6.45) is 4.75. The number of ether oxygens (including phenoxy) is 1. The first-order valence-corrected chi connectivity index (χ1v) is 11.4. The lowest BCUT2D eigenvalue weighted by molar-refractivity contribution is -0.122. The van der Waals surface area contributed by atoms with E-state index in [0.717, 1.165) is 41.8 Å². The van der Waals surface area contributed by atoms with Crippen molar-refractivity contribution < 1.29 is 14.3 Å². The SMILES string of the molecule is COc1ccc(C=C2SC(=S)N(CCCCCC(=O)Nc3ccc(C)cc3)C2=O)cc1. The lowest BCUT2D eigenvalue weighted by Gasteiger charge is -2.14. The van der Waals surface area contributed by atoms with E-state index >= 15 is 0 Å². The number of anilines is 1. The molecule has 2 aromatic carbocycles. The number of thiocarbonyl (C=S) groups is 1. The van der Waals surface area contributed by atoms with Gasteiger partial charge < -0.3 is 10.1 Å². The van der Waals surface area contributed by atoms with Crippen molar-refractivity contribution in [3.8, 4) is 5.75 Å². The number of nitrogens with zero attached hydrogens (tertiary/aromatic N) is 1. The Bertz CT molecular complexity index is 969. The normalized spacial score (nSPS) is 14.9. The summed E-state index contributed by atoms with van der Waals surface area (Å²) in [4.78, 5) is 27.1. The molecule has 7 heteroatoms. The molecule has 0 radical (unpaired) electrons. The third-order valence-corrected chi connectivity index (χ3v) is 6.29. The molecule has 3 rings (SSSR count). The minimum atomic E-state index is -0.0528. The zero-order valence-corrected chi connectivity index (χ0v) is 19.4. The molecular weight excluding hydrogens is 428 g/mol. The molecule has 1 N–H and O–H groups in total. The van der Waals surface area contributed by atoms with Gasteiger partial charge in [0.15, 0.2) is 0 Å². The van der Waals surface area contributed by atoms with Gasteiger partial charge in [-0.1, -0.05) is 60.2 Å². The number of methoxy groups -OCH3 is 1. The first kappa shape index (κ1) is 23.0. The third-order valence-electron chi connectivity index (χ3n) is 4.91. The van der Waals surface area contributed by atoms with Crippen LogP contribution in [0.3, 0.4) is 0 Å². The number of carbonyl (C=O) groups is 2. The van der Waals surface area contributed by atoms with Gasteiger partial charge in [0.1, 0.15) is 10.1 Å². The molecule has 1 heterocycles. The van der Waals surface area contributed by atoms with Crippen molar-refractivity contribution in [1.29, 1.82) is 0 Å². The Labute approximate surface area is 192 Å². The van der Waals surface area contributed by atoms with Crippen LogP contribution in [0.1, 0.15) is 36.8 Å². The maximum absolute atomic E-state index is 12.7. The highest BCUT2D eigenvalue weighted by atomic mass is 32.2. The second-order valence-electron chi connectivity index (χ2n) is 7.33. The van der Waals surface area contributed by atoms with Gasteiger partial charge >= 0.3 is 0 Å². The van der Waals surface area contributed by atoms with Crippen LogP contribution in [-0.2, 0) is 9.59 Å². The highest BCUT2D eigenvalue weighted by Crippen LogP contribution is 2.33.